The third-order valence-corrected chi connectivity index (χ3v) is 7.03. The van der Waals surface area contributed by atoms with E-state index in [-0.39, 0.29) is 0 Å². The van der Waals surface area contributed by atoms with Crippen LogP contribution in [0.1, 0.15) is 25.0 Å². The molecule has 2 aromatic heterocycles. The number of aromatic nitrogens is 2. The molecule has 0 saturated heterocycles. The molecule has 0 bridgehead atoms. The van der Waals surface area contributed by atoms with Gasteiger partial charge in [0.05, 0.1) is 0 Å². The fraction of sp³-hybridized carbons (Fsp3) is 0.125. The third-order valence-electron chi connectivity index (χ3n) is 7.03. The fourth-order valence-electron chi connectivity index (χ4n) is 5.43. The van der Waals surface area contributed by atoms with Gasteiger partial charge >= 0.3 is 0 Å². The zero-order valence-corrected chi connectivity index (χ0v) is 19.4. The lowest BCUT2D eigenvalue weighted by atomic mass is 10.00. The highest BCUT2D eigenvalue weighted by molar-refractivity contribution is 6.12. The van der Waals surface area contributed by atoms with Crippen LogP contribution in [0.4, 0.5) is 0 Å². The Hall–Kier alpha value is -4.40. The maximum atomic E-state index is 5.71. The van der Waals surface area contributed by atoms with Gasteiger partial charge in [0.25, 0.3) is 0 Å². The number of hydrogen-bond donors (Lipinski definition) is 0. The molecule has 2 nitrogen and oxygen atoms in total. The van der Waals surface area contributed by atoms with Gasteiger partial charge in [0.1, 0.15) is 0 Å². The van der Waals surface area contributed by atoms with Crippen molar-refractivity contribution < 1.29 is 0 Å². The average Bonchev–Trinajstić information content (AvgIpc) is 3.38. The van der Waals surface area contributed by atoms with Crippen LogP contribution in [0.25, 0.3) is 54.7 Å². The minimum absolute atomic E-state index is 0.908. The molecular formula is C32H24N2. The van der Waals surface area contributed by atoms with E-state index in [0.29, 0.717) is 0 Å². The van der Waals surface area contributed by atoms with E-state index in [1.54, 1.807) is 0 Å². The SMILES string of the molecule is C#Cc1ccc2c(c1)c1cc(-c3ccc4c(c3)c3cc(C#C)ccc3n4CC)ccc1n2CC. The first-order valence-corrected chi connectivity index (χ1v) is 11.7. The Bertz CT molecular complexity index is 1710. The molecule has 0 amide bonds. The van der Waals surface area contributed by atoms with Gasteiger partial charge in [-0.05, 0) is 85.6 Å². The molecule has 34 heavy (non-hydrogen) atoms. The predicted octanol–water partition coefficient (Wildman–Crippen LogP) is 7.57. The molecule has 162 valence electrons. The average molecular weight is 437 g/mol. The molecule has 0 unspecified atom stereocenters. The molecule has 0 radical (unpaired) electrons. The van der Waals surface area contributed by atoms with Gasteiger partial charge in [0.2, 0.25) is 0 Å². The minimum Gasteiger partial charge on any atom is -0.341 e. The van der Waals surface area contributed by atoms with Crippen molar-refractivity contribution in [2.75, 3.05) is 0 Å². The van der Waals surface area contributed by atoms with Crippen molar-refractivity contribution in [3.05, 3.63) is 83.9 Å². The van der Waals surface area contributed by atoms with Gasteiger partial charge in [0.15, 0.2) is 0 Å². The molecule has 4 aromatic carbocycles. The molecule has 0 atom stereocenters. The second-order valence-corrected chi connectivity index (χ2v) is 8.70. The summed E-state index contributed by atoms with van der Waals surface area (Å²) in [4.78, 5) is 0. The molecule has 2 heteroatoms. The Morgan fingerprint density at radius 3 is 1.24 bits per heavy atom. The summed E-state index contributed by atoms with van der Waals surface area (Å²) in [5.74, 6) is 5.57. The number of nitrogens with zero attached hydrogens (tertiary/aromatic N) is 2. The summed E-state index contributed by atoms with van der Waals surface area (Å²) in [6.07, 6.45) is 11.4. The van der Waals surface area contributed by atoms with Crippen molar-refractivity contribution in [2.45, 2.75) is 26.9 Å². The standard InChI is InChI=1S/C32H24N2/c1-5-21-9-13-29-25(17-21)27-19-23(11-15-31(27)33(29)7-3)24-12-16-32-28(20-24)26-18-22(6-2)10-14-30(26)34(32)8-4/h1-2,9-20H,7-8H2,3-4H3. The maximum absolute atomic E-state index is 5.71. The molecule has 0 aliphatic carbocycles. The lowest BCUT2D eigenvalue weighted by molar-refractivity contribution is 0.827. The second-order valence-electron chi connectivity index (χ2n) is 8.70. The molecule has 0 saturated carbocycles. The van der Waals surface area contributed by atoms with Crippen LogP contribution in [0.15, 0.2) is 72.8 Å². The van der Waals surface area contributed by atoms with Gasteiger partial charge in [-0.25, -0.2) is 0 Å². The van der Waals surface area contributed by atoms with Crippen LogP contribution in [0, 0.1) is 24.7 Å². The number of terminal acetylenes is 2. The van der Waals surface area contributed by atoms with E-state index in [1.807, 2.05) is 12.1 Å². The summed E-state index contributed by atoms with van der Waals surface area (Å²) in [6, 6.07) is 26.1. The number of fused-ring (bicyclic) bond motifs is 6. The first-order chi connectivity index (χ1) is 16.7. The Balaban J connectivity index is 1.62. The highest BCUT2D eigenvalue weighted by Crippen LogP contribution is 2.36. The zero-order chi connectivity index (χ0) is 23.4. The largest absolute Gasteiger partial charge is 0.341 e. The molecular weight excluding hydrogens is 412 g/mol. The molecule has 0 N–H and O–H groups in total. The lowest BCUT2D eigenvalue weighted by Crippen LogP contribution is -1.93. The Labute approximate surface area is 199 Å². The molecule has 2 heterocycles. The number of aryl methyl sites for hydroxylation is 2. The number of benzene rings is 4. The van der Waals surface area contributed by atoms with Gasteiger partial charge in [-0.15, -0.1) is 12.8 Å². The van der Waals surface area contributed by atoms with Crippen molar-refractivity contribution >= 4 is 43.6 Å². The van der Waals surface area contributed by atoms with E-state index in [1.165, 1.54) is 54.7 Å². The van der Waals surface area contributed by atoms with Crippen LogP contribution in [0.2, 0.25) is 0 Å². The number of hydrogen-bond acceptors (Lipinski definition) is 0. The highest BCUT2D eigenvalue weighted by atomic mass is 15.0. The smallest absolute Gasteiger partial charge is 0.0492 e. The lowest BCUT2D eigenvalue weighted by Gasteiger charge is -2.06. The van der Waals surface area contributed by atoms with Gasteiger partial charge in [-0.3, -0.25) is 0 Å². The second kappa shape index (κ2) is 7.58. The van der Waals surface area contributed by atoms with Crippen molar-refractivity contribution in [3.8, 4) is 35.8 Å². The van der Waals surface area contributed by atoms with Crippen LogP contribution in [0.3, 0.4) is 0 Å². The summed E-state index contributed by atoms with van der Waals surface area (Å²) in [7, 11) is 0. The van der Waals surface area contributed by atoms with Gasteiger partial charge in [-0.1, -0.05) is 24.0 Å². The normalized spacial score (nSPS) is 11.4. The van der Waals surface area contributed by atoms with E-state index < -0.39 is 0 Å². The van der Waals surface area contributed by atoms with E-state index in [2.05, 4.69) is 95.5 Å². The summed E-state index contributed by atoms with van der Waals surface area (Å²) in [6.45, 7) is 6.19. The minimum atomic E-state index is 0.908. The van der Waals surface area contributed by atoms with Gasteiger partial charge in [-0.2, -0.15) is 0 Å². The van der Waals surface area contributed by atoms with Gasteiger partial charge < -0.3 is 9.13 Å². The molecule has 6 rings (SSSR count). The summed E-state index contributed by atoms with van der Waals surface area (Å²) < 4.78 is 4.71. The fourth-order valence-corrected chi connectivity index (χ4v) is 5.43. The molecule has 6 aromatic rings. The predicted molar refractivity (Wildman–Crippen MR) is 145 cm³/mol. The summed E-state index contributed by atoms with van der Waals surface area (Å²) in [5.41, 5.74) is 9.11. The maximum Gasteiger partial charge on any atom is 0.0492 e. The molecule has 0 aliphatic heterocycles. The number of rotatable bonds is 3. The monoisotopic (exact) mass is 436 g/mol. The van der Waals surface area contributed by atoms with Crippen LogP contribution >= 0.6 is 0 Å². The Morgan fingerprint density at radius 2 is 0.882 bits per heavy atom. The van der Waals surface area contributed by atoms with Crippen LogP contribution in [-0.2, 0) is 13.1 Å². The third kappa shape index (κ3) is 2.79. The van der Waals surface area contributed by atoms with Crippen molar-refractivity contribution in [2.24, 2.45) is 0 Å². The zero-order valence-electron chi connectivity index (χ0n) is 19.4. The van der Waals surface area contributed by atoms with Crippen LogP contribution in [-0.4, -0.2) is 9.13 Å². The quantitative estimate of drug-likeness (QED) is 0.253. The van der Waals surface area contributed by atoms with E-state index in [9.17, 15) is 0 Å². The van der Waals surface area contributed by atoms with Crippen molar-refractivity contribution in [1.82, 2.24) is 9.13 Å². The van der Waals surface area contributed by atoms with Crippen LogP contribution < -0.4 is 0 Å². The van der Waals surface area contributed by atoms with Crippen LogP contribution in [0.5, 0.6) is 0 Å². The molecule has 0 aliphatic rings. The first kappa shape index (κ1) is 20.2. The molecule has 0 spiro atoms. The highest BCUT2D eigenvalue weighted by Gasteiger charge is 2.14. The van der Waals surface area contributed by atoms with E-state index in [0.717, 1.165) is 24.2 Å². The Kier molecular flexibility index (Phi) is 4.51. The Morgan fingerprint density at radius 1 is 0.529 bits per heavy atom. The van der Waals surface area contributed by atoms with E-state index in [4.69, 9.17) is 12.8 Å². The summed E-state index contributed by atoms with van der Waals surface area (Å²) >= 11 is 0. The van der Waals surface area contributed by atoms with Crippen molar-refractivity contribution in [3.63, 3.8) is 0 Å². The van der Waals surface area contributed by atoms with Gasteiger partial charge in [0, 0.05) is 67.8 Å². The summed E-state index contributed by atoms with van der Waals surface area (Å²) in [5, 5.41) is 4.88. The van der Waals surface area contributed by atoms with E-state index >= 15 is 0 Å². The van der Waals surface area contributed by atoms with Crippen molar-refractivity contribution in [1.29, 1.82) is 0 Å². The first-order valence-electron chi connectivity index (χ1n) is 11.7. The molecule has 0 fully saturated rings. The topological polar surface area (TPSA) is 9.86 Å².